The summed E-state index contributed by atoms with van der Waals surface area (Å²) in [6.07, 6.45) is 4.07. The molecular weight excluding hydrogens is 220 g/mol. The van der Waals surface area contributed by atoms with Crippen LogP contribution in [0.1, 0.15) is 29.9 Å². The van der Waals surface area contributed by atoms with Gasteiger partial charge in [-0.3, -0.25) is 0 Å². The van der Waals surface area contributed by atoms with Gasteiger partial charge in [-0.2, -0.15) is 0 Å². The Morgan fingerprint density at radius 3 is 3.06 bits per heavy atom. The van der Waals surface area contributed by atoms with Crippen LogP contribution in [0, 0.1) is 5.92 Å². The number of likely N-dealkylation sites (tertiary alicyclic amines) is 1. The third-order valence-electron chi connectivity index (χ3n) is 4.54. The van der Waals surface area contributed by atoms with E-state index in [1.807, 2.05) is 0 Å². The predicted molar refractivity (Wildman–Crippen MR) is 76.0 cm³/mol. The lowest BCUT2D eigenvalue weighted by Crippen LogP contribution is -2.42. The molecule has 1 aliphatic carbocycles. The number of nitrogens with one attached hydrogen (secondary N) is 1. The standard InChI is InChI=1S/C16H24N2/c1-17-10-13-5-4-8-18(11-13)12-15-9-14-6-2-3-7-16(14)15/h2-3,6-7,13,15,17H,4-5,8-12H2,1H3. The van der Waals surface area contributed by atoms with E-state index in [1.165, 1.54) is 45.4 Å². The molecule has 1 aromatic carbocycles. The van der Waals surface area contributed by atoms with E-state index in [0.29, 0.717) is 0 Å². The molecule has 0 saturated carbocycles. The lowest BCUT2D eigenvalue weighted by molar-refractivity contribution is 0.161. The molecule has 2 heteroatoms. The Morgan fingerprint density at radius 1 is 1.33 bits per heavy atom. The van der Waals surface area contributed by atoms with E-state index < -0.39 is 0 Å². The molecule has 1 saturated heterocycles. The summed E-state index contributed by atoms with van der Waals surface area (Å²) in [6.45, 7) is 5.05. The smallest absolute Gasteiger partial charge is 0.00537 e. The van der Waals surface area contributed by atoms with Crippen molar-refractivity contribution in [2.24, 2.45) is 5.92 Å². The van der Waals surface area contributed by atoms with E-state index >= 15 is 0 Å². The van der Waals surface area contributed by atoms with Crippen LogP contribution in [-0.2, 0) is 6.42 Å². The summed E-state index contributed by atoms with van der Waals surface area (Å²) in [5.74, 6) is 1.66. The SMILES string of the molecule is CNCC1CCCN(CC2Cc3ccccc32)C1. The van der Waals surface area contributed by atoms with E-state index in [-0.39, 0.29) is 0 Å². The topological polar surface area (TPSA) is 15.3 Å². The van der Waals surface area contributed by atoms with Crippen LogP contribution in [0.2, 0.25) is 0 Å². The maximum atomic E-state index is 3.33. The zero-order valence-electron chi connectivity index (χ0n) is 11.4. The lowest BCUT2D eigenvalue weighted by atomic mass is 9.77. The number of rotatable bonds is 4. The minimum atomic E-state index is 0.800. The third kappa shape index (κ3) is 2.45. The van der Waals surface area contributed by atoms with Gasteiger partial charge in [-0.1, -0.05) is 24.3 Å². The minimum Gasteiger partial charge on any atom is -0.319 e. The first-order valence-corrected chi connectivity index (χ1v) is 7.31. The fourth-order valence-corrected chi connectivity index (χ4v) is 3.61. The molecule has 1 aliphatic heterocycles. The van der Waals surface area contributed by atoms with E-state index in [1.54, 1.807) is 11.1 Å². The van der Waals surface area contributed by atoms with Gasteiger partial charge in [0.15, 0.2) is 0 Å². The van der Waals surface area contributed by atoms with Crippen molar-refractivity contribution in [3.8, 4) is 0 Å². The van der Waals surface area contributed by atoms with Crippen LogP contribution in [0.15, 0.2) is 24.3 Å². The molecule has 1 heterocycles. The van der Waals surface area contributed by atoms with Crippen LogP contribution in [0.4, 0.5) is 0 Å². The highest BCUT2D eigenvalue weighted by molar-refractivity contribution is 5.40. The van der Waals surface area contributed by atoms with Gasteiger partial charge in [0.1, 0.15) is 0 Å². The van der Waals surface area contributed by atoms with Gasteiger partial charge in [-0.25, -0.2) is 0 Å². The van der Waals surface area contributed by atoms with Gasteiger partial charge < -0.3 is 10.2 Å². The summed E-state index contributed by atoms with van der Waals surface area (Å²) in [5.41, 5.74) is 3.18. The zero-order chi connectivity index (χ0) is 12.4. The molecular formula is C16H24N2. The van der Waals surface area contributed by atoms with Gasteiger partial charge in [0.2, 0.25) is 0 Å². The monoisotopic (exact) mass is 244 g/mol. The third-order valence-corrected chi connectivity index (χ3v) is 4.54. The predicted octanol–water partition coefficient (Wildman–Crippen LogP) is 2.26. The number of fused-ring (bicyclic) bond motifs is 1. The molecule has 2 nitrogen and oxygen atoms in total. The summed E-state index contributed by atoms with van der Waals surface area (Å²) in [4.78, 5) is 2.69. The number of hydrogen-bond donors (Lipinski definition) is 1. The van der Waals surface area contributed by atoms with Crippen LogP contribution in [0.25, 0.3) is 0 Å². The summed E-state index contributed by atoms with van der Waals surface area (Å²) >= 11 is 0. The average molecular weight is 244 g/mol. The number of benzene rings is 1. The Kier molecular flexibility index (Phi) is 3.67. The normalized spacial score (nSPS) is 27.6. The number of hydrogen-bond acceptors (Lipinski definition) is 2. The lowest BCUT2D eigenvalue weighted by Gasteiger charge is -2.38. The van der Waals surface area contributed by atoms with Gasteiger partial charge >= 0.3 is 0 Å². The van der Waals surface area contributed by atoms with Crippen molar-refractivity contribution in [2.75, 3.05) is 33.2 Å². The quantitative estimate of drug-likeness (QED) is 0.874. The van der Waals surface area contributed by atoms with Crippen LogP contribution >= 0.6 is 0 Å². The minimum absolute atomic E-state index is 0.800. The van der Waals surface area contributed by atoms with E-state index in [9.17, 15) is 0 Å². The van der Waals surface area contributed by atoms with Crippen molar-refractivity contribution < 1.29 is 0 Å². The largest absolute Gasteiger partial charge is 0.319 e. The zero-order valence-corrected chi connectivity index (χ0v) is 11.4. The second kappa shape index (κ2) is 5.41. The second-order valence-electron chi connectivity index (χ2n) is 5.93. The highest BCUT2D eigenvalue weighted by Crippen LogP contribution is 2.35. The fraction of sp³-hybridized carbons (Fsp3) is 0.625. The van der Waals surface area contributed by atoms with E-state index in [2.05, 4.69) is 41.5 Å². The molecule has 2 atom stereocenters. The highest BCUT2D eigenvalue weighted by Gasteiger charge is 2.29. The summed E-state index contributed by atoms with van der Waals surface area (Å²) in [5, 5.41) is 3.33. The number of piperidine rings is 1. The Bertz CT molecular complexity index is 400. The highest BCUT2D eigenvalue weighted by atomic mass is 15.1. The van der Waals surface area contributed by atoms with Gasteiger partial charge in [-0.15, -0.1) is 0 Å². The molecule has 1 aromatic rings. The molecule has 0 bridgehead atoms. The fourth-order valence-electron chi connectivity index (χ4n) is 3.61. The van der Waals surface area contributed by atoms with Crippen molar-refractivity contribution >= 4 is 0 Å². The van der Waals surface area contributed by atoms with Crippen molar-refractivity contribution in [3.63, 3.8) is 0 Å². The molecule has 2 unspecified atom stereocenters. The first-order valence-electron chi connectivity index (χ1n) is 7.31. The van der Waals surface area contributed by atoms with Crippen LogP contribution in [0.3, 0.4) is 0 Å². The molecule has 3 rings (SSSR count). The van der Waals surface area contributed by atoms with E-state index in [4.69, 9.17) is 0 Å². The Morgan fingerprint density at radius 2 is 2.22 bits per heavy atom. The first-order chi connectivity index (χ1) is 8.86. The molecule has 0 aromatic heterocycles. The van der Waals surface area contributed by atoms with Gasteiger partial charge in [-0.05, 0) is 56.4 Å². The van der Waals surface area contributed by atoms with Crippen molar-refractivity contribution in [3.05, 3.63) is 35.4 Å². The molecule has 18 heavy (non-hydrogen) atoms. The maximum absolute atomic E-state index is 3.33. The number of nitrogens with zero attached hydrogens (tertiary/aromatic N) is 1. The molecule has 0 radical (unpaired) electrons. The molecule has 0 amide bonds. The Hall–Kier alpha value is -0.860. The summed E-state index contributed by atoms with van der Waals surface area (Å²) in [7, 11) is 2.07. The van der Waals surface area contributed by atoms with Crippen LogP contribution < -0.4 is 5.32 Å². The molecule has 2 aliphatic rings. The van der Waals surface area contributed by atoms with E-state index in [0.717, 1.165) is 11.8 Å². The summed E-state index contributed by atoms with van der Waals surface area (Å²) in [6, 6.07) is 8.95. The Balaban J connectivity index is 1.55. The molecule has 0 spiro atoms. The molecule has 1 N–H and O–H groups in total. The van der Waals surface area contributed by atoms with Crippen molar-refractivity contribution in [1.82, 2.24) is 10.2 Å². The molecule has 98 valence electrons. The average Bonchev–Trinajstić information content (AvgIpc) is 2.37. The van der Waals surface area contributed by atoms with Gasteiger partial charge in [0.05, 0.1) is 0 Å². The first kappa shape index (κ1) is 12.2. The maximum Gasteiger partial charge on any atom is 0.00537 e. The van der Waals surface area contributed by atoms with Gasteiger partial charge in [0, 0.05) is 19.0 Å². The van der Waals surface area contributed by atoms with Crippen molar-refractivity contribution in [1.29, 1.82) is 0 Å². The second-order valence-corrected chi connectivity index (χ2v) is 5.93. The van der Waals surface area contributed by atoms with Crippen LogP contribution in [0.5, 0.6) is 0 Å². The van der Waals surface area contributed by atoms with Gasteiger partial charge in [0.25, 0.3) is 0 Å². The summed E-state index contributed by atoms with van der Waals surface area (Å²) < 4.78 is 0. The Labute approximate surface area is 110 Å². The molecule has 1 fully saturated rings. The van der Waals surface area contributed by atoms with Crippen LogP contribution in [-0.4, -0.2) is 38.1 Å². The van der Waals surface area contributed by atoms with Crippen molar-refractivity contribution in [2.45, 2.75) is 25.2 Å².